The summed E-state index contributed by atoms with van der Waals surface area (Å²) in [6, 6.07) is 5.88. The second-order valence-corrected chi connectivity index (χ2v) is 9.08. The van der Waals surface area contributed by atoms with Gasteiger partial charge in [0.1, 0.15) is 18.0 Å². The Balaban J connectivity index is 1.51. The molecule has 0 bridgehead atoms. The van der Waals surface area contributed by atoms with Crippen molar-refractivity contribution in [3.8, 4) is 5.75 Å². The Morgan fingerprint density at radius 1 is 1.21 bits per heavy atom. The second-order valence-electron chi connectivity index (χ2n) is 9.08. The van der Waals surface area contributed by atoms with E-state index in [9.17, 15) is 14.4 Å². The Kier molecular flexibility index (Phi) is 7.11. The molecule has 184 valence electrons. The number of carbonyl (C=O) groups excluding carboxylic acids is 3. The zero-order valence-electron chi connectivity index (χ0n) is 20.0. The van der Waals surface area contributed by atoms with E-state index in [2.05, 4.69) is 4.98 Å². The number of hydrogen-bond acceptors (Lipinski definition) is 7. The number of esters is 2. The fourth-order valence-electron chi connectivity index (χ4n) is 5.63. The number of fused-ring (bicyclic) bond motifs is 2. The monoisotopic (exact) mass is 472 g/mol. The predicted octanol–water partition coefficient (Wildman–Crippen LogP) is 2.32. The van der Waals surface area contributed by atoms with Crippen LogP contribution in [0.2, 0.25) is 0 Å². The molecule has 2 fully saturated rings. The third-order valence-corrected chi connectivity index (χ3v) is 7.23. The highest BCUT2D eigenvalue weighted by molar-refractivity contribution is 5.85. The average Bonchev–Trinajstić information content (AvgIpc) is 3.23. The first kappa shape index (κ1) is 24.1. The van der Waals surface area contributed by atoms with Gasteiger partial charge in [-0.25, -0.2) is 0 Å². The van der Waals surface area contributed by atoms with Crippen molar-refractivity contribution in [1.82, 2.24) is 9.88 Å². The lowest BCUT2D eigenvalue weighted by molar-refractivity contribution is -0.187. The van der Waals surface area contributed by atoms with Gasteiger partial charge in [0.15, 0.2) is 0 Å². The fourth-order valence-corrected chi connectivity index (χ4v) is 5.63. The van der Waals surface area contributed by atoms with Crippen LogP contribution < -0.4 is 4.74 Å². The molecule has 0 unspecified atom stereocenters. The standard InChI is InChI=1S/C25H32N2O7/c1-14(28)34-21-9-16-13-27(22(29)11-19(16)23(24(21)32-3)25(30)33-4)8-7-15-12-26-20-6-5-17(31-2)10-18(15)20/h5-6,10,12,16,19,21,23-24,26H,7-9,11,13H2,1-4H3/t16-,19-,21+,23+,24-/m0/s1. The number of H-pyrrole nitrogens is 1. The van der Waals surface area contributed by atoms with Crippen LogP contribution in [0.3, 0.4) is 0 Å². The quantitative estimate of drug-likeness (QED) is 0.616. The number of likely N-dealkylation sites (tertiary alicyclic amines) is 1. The molecule has 34 heavy (non-hydrogen) atoms. The highest BCUT2D eigenvalue weighted by Crippen LogP contribution is 2.43. The predicted molar refractivity (Wildman–Crippen MR) is 123 cm³/mol. The first-order valence-corrected chi connectivity index (χ1v) is 11.6. The number of ether oxygens (including phenoxy) is 4. The molecule has 0 radical (unpaired) electrons. The smallest absolute Gasteiger partial charge is 0.311 e. The van der Waals surface area contributed by atoms with Crippen LogP contribution in [0.1, 0.15) is 25.3 Å². The lowest BCUT2D eigenvalue weighted by Crippen LogP contribution is -2.58. The molecule has 1 saturated carbocycles. The van der Waals surface area contributed by atoms with Gasteiger partial charge in [-0.05, 0) is 48.4 Å². The van der Waals surface area contributed by atoms with E-state index in [1.54, 1.807) is 7.11 Å². The molecular weight excluding hydrogens is 440 g/mol. The van der Waals surface area contributed by atoms with Gasteiger partial charge in [-0.3, -0.25) is 14.4 Å². The number of nitrogens with zero attached hydrogens (tertiary/aromatic N) is 1. The van der Waals surface area contributed by atoms with Gasteiger partial charge in [0.2, 0.25) is 5.91 Å². The molecule has 5 atom stereocenters. The van der Waals surface area contributed by atoms with Gasteiger partial charge >= 0.3 is 11.9 Å². The molecule has 0 spiro atoms. The summed E-state index contributed by atoms with van der Waals surface area (Å²) in [5.74, 6) is -0.949. The molecule has 9 heteroatoms. The maximum atomic E-state index is 13.1. The molecule has 1 aliphatic carbocycles. The fraction of sp³-hybridized carbons (Fsp3) is 0.560. The van der Waals surface area contributed by atoms with Gasteiger partial charge in [-0.15, -0.1) is 0 Å². The van der Waals surface area contributed by atoms with Crippen molar-refractivity contribution in [2.75, 3.05) is 34.4 Å². The largest absolute Gasteiger partial charge is 0.497 e. The van der Waals surface area contributed by atoms with Crippen molar-refractivity contribution in [3.63, 3.8) is 0 Å². The summed E-state index contributed by atoms with van der Waals surface area (Å²) in [6.45, 7) is 2.40. The molecule has 2 heterocycles. The summed E-state index contributed by atoms with van der Waals surface area (Å²) in [6.07, 6.45) is 2.21. The van der Waals surface area contributed by atoms with Gasteiger partial charge < -0.3 is 28.8 Å². The number of amides is 1. The normalized spacial score (nSPS) is 26.8. The molecule has 1 saturated heterocycles. The molecule has 1 aromatic heterocycles. The minimum atomic E-state index is -0.662. The SMILES string of the molecule is COC(=O)[C@@H]1[C@H]2CC(=O)N(CCc3c[nH]c4ccc(OC)cc34)C[C@@H]2C[C@@H](OC(C)=O)[C@@H]1OC. The van der Waals surface area contributed by atoms with E-state index in [-0.39, 0.29) is 24.2 Å². The molecule has 2 aromatic rings. The number of piperidine rings is 1. The summed E-state index contributed by atoms with van der Waals surface area (Å²) in [4.78, 5) is 42.6. The van der Waals surface area contributed by atoms with Gasteiger partial charge in [-0.1, -0.05) is 0 Å². The van der Waals surface area contributed by atoms with Crippen molar-refractivity contribution in [1.29, 1.82) is 0 Å². The number of aromatic nitrogens is 1. The third kappa shape index (κ3) is 4.61. The van der Waals surface area contributed by atoms with Crippen molar-refractivity contribution in [3.05, 3.63) is 30.0 Å². The lowest BCUT2D eigenvalue weighted by atomic mass is 9.66. The van der Waals surface area contributed by atoms with Crippen molar-refractivity contribution < 1.29 is 33.3 Å². The maximum absolute atomic E-state index is 13.1. The van der Waals surface area contributed by atoms with Crippen LogP contribution in [0.25, 0.3) is 10.9 Å². The number of methoxy groups -OCH3 is 3. The number of carbonyl (C=O) groups is 3. The molecule has 9 nitrogen and oxygen atoms in total. The zero-order valence-corrected chi connectivity index (χ0v) is 20.0. The summed E-state index contributed by atoms with van der Waals surface area (Å²) < 4.78 is 21.5. The number of nitrogens with one attached hydrogen (secondary N) is 1. The number of rotatable bonds is 7. The topological polar surface area (TPSA) is 107 Å². The van der Waals surface area contributed by atoms with E-state index < -0.39 is 30.1 Å². The van der Waals surface area contributed by atoms with Crippen molar-refractivity contribution >= 4 is 28.7 Å². The van der Waals surface area contributed by atoms with Crippen LogP contribution in [0.4, 0.5) is 0 Å². The molecule has 1 aliphatic heterocycles. The van der Waals surface area contributed by atoms with Crippen LogP contribution >= 0.6 is 0 Å². The number of aromatic amines is 1. The van der Waals surface area contributed by atoms with E-state index in [1.165, 1.54) is 21.1 Å². The highest BCUT2D eigenvalue weighted by Gasteiger charge is 2.53. The number of benzene rings is 1. The maximum Gasteiger partial charge on any atom is 0.311 e. The van der Waals surface area contributed by atoms with E-state index in [4.69, 9.17) is 18.9 Å². The van der Waals surface area contributed by atoms with Crippen LogP contribution in [-0.2, 0) is 35.0 Å². The molecule has 2 aliphatic rings. The highest BCUT2D eigenvalue weighted by atomic mass is 16.6. The summed E-state index contributed by atoms with van der Waals surface area (Å²) in [5, 5.41) is 1.07. The third-order valence-electron chi connectivity index (χ3n) is 7.23. The van der Waals surface area contributed by atoms with Gasteiger partial charge in [0.25, 0.3) is 0 Å². The van der Waals surface area contributed by atoms with Crippen LogP contribution in [0.15, 0.2) is 24.4 Å². The Labute approximate surface area is 198 Å². The minimum absolute atomic E-state index is 0.000568. The van der Waals surface area contributed by atoms with Gasteiger partial charge in [-0.2, -0.15) is 0 Å². The van der Waals surface area contributed by atoms with E-state index >= 15 is 0 Å². The van der Waals surface area contributed by atoms with Crippen molar-refractivity contribution in [2.24, 2.45) is 17.8 Å². The molecule has 1 aromatic carbocycles. The van der Waals surface area contributed by atoms with Crippen LogP contribution in [0.5, 0.6) is 5.75 Å². The Bertz CT molecular complexity index is 1060. The van der Waals surface area contributed by atoms with Crippen LogP contribution in [0, 0.1) is 17.8 Å². The lowest BCUT2D eigenvalue weighted by Gasteiger charge is -2.48. The first-order valence-electron chi connectivity index (χ1n) is 11.6. The second kappa shape index (κ2) is 10.0. The van der Waals surface area contributed by atoms with E-state index in [0.717, 1.165) is 22.2 Å². The van der Waals surface area contributed by atoms with E-state index in [0.29, 0.717) is 25.9 Å². The molecule has 1 N–H and O–H groups in total. The molecule has 1 amide bonds. The van der Waals surface area contributed by atoms with E-state index in [1.807, 2.05) is 29.3 Å². The van der Waals surface area contributed by atoms with Gasteiger partial charge in [0.05, 0.1) is 20.1 Å². The van der Waals surface area contributed by atoms with Crippen molar-refractivity contribution in [2.45, 2.75) is 38.4 Å². The Morgan fingerprint density at radius 2 is 2.00 bits per heavy atom. The first-order chi connectivity index (χ1) is 16.4. The summed E-state index contributed by atoms with van der Waals surface area (Å²) >= 11 is 0. The average molecular weight is 473 g/mol. The van der Waals surface area contributed by atoms with Crippen LogP contribution in [-0.4, -0.2) is 74.4 Å². The summed E-state index contributed by atoms with van der Waals surface area (Å²) in [7, 11) is 4.45. The Morgan fingerprint density at radius 3 is 2.68 bits per heavy atom. The summed E-state index contributed by atoms with van der Waals surface area (Å²) in [5.41, 5.74) is 2.13. The van der Waals surface area contributed by atoms with Gasteiger partial charge in [0, 0.05) is 50.6 Å². The zero-order chi connectivity index (χ0) is 24.4. The molecule has 4 rings (SSSR count). The Hall–Kier alpha value is -3.07. The number of hydrogen-bond donors (Lipinski definition) is 1. The minimum Gasteiger partial charge on any atom is -0.497 e. The molecular formula is C25H32N2O7.